The Morgan fingerprint density at radius 2 is 1.95 bits per heavy atom. The van der Waals surface area contributed by atoms with Crippen molar-refractivity contribution in [2.24, 2.45) is 0 Å². The van der Waals surface area contributed by atoms with Gasteiger partial charge in [0.05, 0.1) is 18.8 Å². The van der Waals surface area contributed by atoms with Gasteiger partial charge in [-0.3, -0.25) is 4.79 Å². The summed E-state index contributed by atoms with van der Waals surface area (Å²) >= 11 is 0. The summed E-state index contributed by atoms with van der Waals surface area (Å²) in [7, 11) is 0. The molecular weight excluding hydrogens is 254 g/mol. The minimum Gasteiger partial charge on any atom is -0.394 e. The highest BCUT2D eigenvalue weighted by atomic mass is 19.1. The van der Waals surface area contributed by atoms with Crippen molar-refractivity contribution in [3.05, 3.63) is 29.3 Å². The zero-order valence-corrected chi connectivity index (χ0v) is 10.8. The number of amides is 1. The molecule has 1 aromatic carbocycles. The molecule has 0 aliphatic carbocycles. The first-order valence-corrected chi connectivity index (χ1v) is 6.07. The molecule has 2 N–H and O–H groups in total. The van der Waals surface area contributed by atoms with E-state index in [4.69, 9.17) is 10.5 Å². The van der Waals surface area contributed by atoms with E-state index >= 15 is 0 Å². The van der Waals surface area contributed by atoms with Crippen LogP contribution in [0.5, 0.6) is 0 Å². The van der Waals surface area contributed by atoms with Crippen LogP contribution in [0.4, 0.5) is 14.5 Å². The van der Waals surface area contributed by atoms with Crippen molar-refractivity contribution >= 4 is 11.6 Å². The second-order valence-electron chi connectivity index (χ2n) is 4.80. The van der Waals surface area contributed by atoms with Gasteiger partial charge in [-0.05, 0) is 26.0 Å². The molecule has 0 radical (unpaired) electrons. The smallest absolute Gasteiger partial charge is 0.254 e. The summed E-state index contributed by atoms with van der Waals surface area (Å²) in [6, 6.07) is 1.80. The van der Waals surface area contributed by atoms with Crippen LogP contribution in [-0.4, -0.2) is 36.1 Å². The van der Waals surface area contributed by atoms with Gasteiger partial charge in [0.25, 0.3) is 5.91 Å². The Hall–Kier alpha value is -1.69. The number of hydrogen-bond donors (Lipinski definition) is 1. The largest absolute Gasteiger partial charge is 0.394 e. The molecule has 1 heterocycles. The Bertz CT molecular complexity index is 484. The van der Waals surface area contributed by atoms with Gasteiger partial charge in [0.2, 0.25) is 0 Å². The zero-order valence-electron chi connectivity index (χ0n) is 10.8. The number of ether oxygens (including phenoxy) is 1. The molecule has 0 saturated carbocycles. The third-order valence-electron chi connectivity index (χ3n) is 3.19. The van der Waals surface area contributed by atoms with Crippen LogP contribution in [0.3, 0.4) is 0 Å². The summed E-state index contributed by atoms with van der Waals surface area (Å²) in [5, 5.41) is 0. The second-order valence-corrected chi connectivity index (χ2v) is 4.80. The molecule has 0 aromatic heterocycles. The van der Waals surface area contributed by atoms with Crippen molar-refractivity contribution in [1.29, 1.82) is 0 Å². The van der Waals surface area contributed by atoms with E-state index in [2.05, 4.69) is 0 Å². The Kier molecular flexibility index (Phi) is 3.71. The first-order valence-electron chi connectivity index (χ1n) is 6.07. The summed E-state index contributed by atoms with van der Waals surface area (Å²) in [6.07, 6.45) is -0.0939. The van der Waals surface area contributed by atoms with E-state index in [0.29, 0.717) is 13.2 Å². The van der Waals surface area contributed by atoms with Crippen molar-refractivity contribution < 1.29 is 18.3 Å². The van der Waals surface area contributed by atoms with E-state index < -0.39 is 23.2 Å². The van der Waals surface area contributed by atoms with Gasteiger partial charge in [-0.1, -0.05) is 0 Å². The van der Waals surface area contributed by atoms with Crippen LogP contribution in [0.2, 0.25) is 0 Å². The monoisotopic (exact) mass is 270 g/mol. The molecular formula is C13H16F2N2O2. The number of nitrogens with zero attached hydrogens (tertiary/aromatic N) is 1. The molecule has 0 bridgehead atoms. The fraction of sp³-hybridized carbons (Fsp3) is 0.462. The van der Waals surface area contributed by atoms with Crippen molar-refractivity contribution in [3.8, 4) is 0 Å². The quantitative estimate of drug-likeness (QED) is 0.792. The third-order valence-corrected chi connectivity index (χ3v) is 3.19. The Balaban J connectivity index is 2.28. The van der Waals surface area contributed by atoms with Crippen LogP contribution >= 0.6 is 0 Å². The summed E-state index contributed by atoms with van der Waals surface area (Å²) < 4.78 is 32.2. The fourth-order valence-electron chi connectivity index (χ4n) is 2.06. The average Bonchev–Trinajstić information content (AvgIpc) is 2.37. The van der Waals surface area contributed by atoms with E-state index in [1.807, 2.05) is 13.8 Å². The molecule has 0 spiro atoms. The third kappa shape index (κ3) is 2.68. The van der Waals surface area contributed by atoms with Gasteiger partial charge in [0.1, 0.15) is 17.3 Å². The predicted molar refractivity (Wildman–Crippen MR) is 66.7 cm³/mol. The Morgan fingerprint density at radius 1 is 1.37 bits per heavy atom. The molecule has 6 heteroatoms. The topological polar surface area (TPSA) is 55.6 Å². The van der Waals surface area contributed by atoms with Crippen LogP contribution in [0.25, 0.3) is 0 Å². The lowest BCUT2D eigenvalue weighted by molar-refractivity contribution is -0.0387. The van der Waals surface area contributed by atoms with Crippen molar-refractivity contribution in [1.82, 2.24) is 4.90 Å². The first kappa shape index (κ1) is 13.7. The van der Waals surface area contributed by atoms with Crippen LogP contribution in [0.1, 0.15) is 24.2 Å². The summed E-state index contributed by atoms with van der Waals surface area (Å²) in [6.45, 7) is 4.48. The van der Waals surface area contributed by atoms with Gasteiger partial charge in [-0.25, -0.2) is 8.78 Å². The number of anilines is 1. The van der Waals surface area contributed by atoms with Gasteiger partial charge in [-0.2, -0.15) is 0 Å². The molecule has 4 nitrogen and oxygen atoms in total. The van der Waals surface area contributed by atoms with Crippen LogP contribution < -0.4 is 5.73 Å². The summed E-state index contributed by atoms with van der Waals surface area (Å²) in [5.41, 5.74) is 4.58. The number of nitrogen functional groups attached to an aromatic ring is 1. The minimum absolute atomic E-state index is 0.0369. The minimum atomic E-state index is -0.919. The van der Waals surface area contributed by atoms with E-state index in [1.165, 1.54) is 0 Å². The lowest BCUT2D eigenvalue weighted by Crippen LogP contribution is -2.50. The molecule has 1 saturated heterocycles. The molecule has 2 unspecified atom stereocenters. The predicted octanol–water partition coefficient (Wildman–Crippen LogP) is 1.80. The SMILES string of the molecule is CC1CN(C(=O)c2cc(F)c(N)c(F)c2)C(C)CO1. The molecule has 1 aromatic rings. The normalized spacial score (nSPS) is 23.5. The number of nitrogens with two attached hydrogens (primary N) is 1. The standard InChI is InChI=1S/C13H16F2N2O2/c1-7-6-19-8(2)5-17(7)13(18)9-3-10(14)12(16)11(15)4-9/h3-4,7-8H,5-6,16H2,1-2H3. The second kappa shape index (κ2) is 5.13. The van der Waals surface area contributed by atoms with E-state index in [1.54, 1.807) is 4.90 Å². The van der Waals surface area contributed by atoms with Gasteiger partial charge in [0.15, 0.2) is 0 Å². The highest BCUT2D eigenvalue weighted by molar-refractivity contribution is 5.95. The Labute approximate surface area is 110 Å². The van der Waals surface area contributed by atoms with Gasteiger partial charge < -0.3 is 15.4 Å². The molecule has 2 atom stereocenters. The van der Waals surface area contributed by atoms with E-state index in [-0.39, 0.29) is 17.7 Å². The highest BCUT2D eigenvalue weighted by Crippen LogP contribution is 2.21. The van der Waals surface area contributed by atoms with Crippen molar-refractivity contribution in [3.63, 3.8) is 0 Å². The van der Waals surface area contributed by atoms with Crippen LogP contribution in [0.15, 0.2) is 12.1 Å². The number of halogens is 2. The number of carbonyl (C=O) groups is 1. The molecule has 2 rings (SSSR count). The number of carbonyl (C=O) groups excluding carboxylic acids is 1. The van der Waals surface area contributed by atoms with Crippen molar-refractivity contribution in [2.75, 3.05) is 18.9 Å². The lowest BCUT2D eigenvalue weighted by atomic mass is 10.1. The number of rotatable bonds is 1. The molecule has 104 valence electrons. The summed E-state index contributed by atoms with van der Waals surface area (Å²) in [5.74, 6) is -2.25. The zero-order chi connectivity index (χ0) is 14.2. The lowest BCUT2D eigenvalue weighted by Gasteiger charge is -2.36. The molecule has 1 amide bonds. The van der Waals surface area contributed by atoms with E-state index in [0.717, 1.165) is 12.1 Å². The first-order chi connectivity index (χ1) is 8.90. The molecule has 1 aliphatic rings. The van der Waals surface area contributed by atoms with E-state index in [9.17, 15) is 13.6 Å². The molecule has 1 aliphatic heterocycles. The number of benzene rings is 1. The number of morpholine rings is 1. The maximum atomic E-state index is 13.4. The molecule has 1 fully saturated rings. The van der Waals surface area contributed by atoms with Gasteiger partial charge in [0, 0.05) is 12.1 Å². The number of hydrogen-bond acceptors (Lipinski definition) is 3. The van der Waals surface area contributed by atoms with Crippen LogP contribution in [-0.2, 0) is 4.74 Å². The fourth-order valence-corrected chi connectivity index (χ4v) is 2.06. The van der Waals surface area contributed by atoms with Gasteiger partial charge >= 0.3 is 0 Å². The van der Waals surface area contributed by atoms with Gasteiger partial charge in [-0.15, -0.1) is 0 Å². The molecule has 19 heavy (non-hydrogen) atoms. The Morgan fingerprint density at radius 3 is 2.53 bits per heavy atom. The maximum Gasteiger partial charge on any atom is 0.254 e. The van der Waals surface area contributed by atoms with Crippen molar-refractivity contribution in [2.45, 2.75) is 26.0 Å². The van der Waals surface area contributed by atoms with Crippen LogP contribution in [0, 0.1) is 11.6 Å². The highest BCUT2D eigenvalue weighted by Gasteiger charge is 2.29. The average molecular weight is 270 g/mol. The maximum absolute atomic E-state index is 13.4. The summed E-state index contributed by atoms with van der Waals surface area (Å²) in [4.78, 5) is 13.8.